The van der Waals surface area contributed by atoms with Gasteiger partial charge in [0.05, 0.1) is 0 Å². The largest absolute Gasteiger partial charge is 0.492 e. The van der Waals surface area contributed by atoms with Gasteiger partial charge in [-0.15, -0.1) is 0 Å². The molecule has 2 aliphatic heterocycles. The van der Waals surface area contributed by atoms with Gasteiger partial charge in [-0.1, -0.05) is 43.1 Å². The van der Waals surface area contributed by atoms with Gasteiger partial charge in [0, 0.05) is 71.2 Å². The third kappa shape index (κ3) is 3.77. The van der Waals surface area contributed by atoms with Crippen molar-refractivity contribution in [1.82, 2.24) is 10.2 Å². The molecule has 0 spiro atoms. The van der Waals surface area contributed by atoms with Crippen molar-refractivity contribution in [3.8, 4) is 5.75 Å². The number of nitrogens with one attached hydrogen (secondary N) is 2. The molecule has 6 heteroatoms. The second-order valence-corrected chi connectivity index (χ2v) is 8.55. The number of nitrogens with zero attached hydrogens (tertiary/aromatic N) is 1. The molecule has 4 rings (SSSR count). The highest BCUT2D eigenvalue weighted by atomic mass is 35.5. The number of benzene rings is 2. The first kappa shape index (κ1) is 18.9. The smallest absolute Gasteiger partial charge is 0.121 e. The van der Waals surface area contributed by atoms with E-state index >= 15 is 0 Å². The summed E-state index contributed by atoms with van der Waals surface area (Å²) in [6, 6.07) is 10.0. The van der Waals surface area contributed by atoms with Crippen molar-refractivity contribution < 1.29 is 4.74 Å². The highest BCUT2D eigenvalue weighted by molar-refractivity contribution is 6.36. The van der Waals surface area contributed by atoms with Crippen LogP contribution in [0.2, 0.25) is 10.0 Å². The van der Waals surface area contributed by atoms with Crippen molar-refractivity contribution >= 4 is 34.6 Å². The van der Waals surface area contributed by atoms with Gasteiger partial charge in [-0.3, -0.25) is 4.90 Å². The minimum Gasteiger partial charge on any atom is -0.492 e. The molecule has 0 aromatic heterocycles. The molecule has 4 nitrogen and oxygen atoms in total. The van der Waals surface area contributed by atoms with Crippen LogP contribution in [0.3, 0.4) is 0 Å². The Labute approximate surface area is 170 Å². The summed E-state index contributed by atoms with van der Waals surface area (Å²) in [7, 11) is 0. The molecule has 144 valence electrons. The van der Waals surface area contributed by atoms with E-state index in [1.54, 1.807) is 0 Å². The standard InChI is InChI=1S/C21H25Cl2N3O/c1-21(2)16-4-3-15(27-10-9-26-7-5-24-6-8-26)13-18(16)25-19-12-14(22)11-17(23)20(19)21/h3-4,11-13,24-25H,5-10H2,1-2H3. The van der Waals surface area contributed by atoms with Crippen LogP contribution in [0.25, 0.3) is 0 Å². The number of hydrogen-bond acceptors (Lipinski definition) is 4. The minimum absolute atomic E-state index is 0.211. The van der Waals surface area contributed by atoms with E-state index in [0.717, 1.165) is 55.4 Å². The highest BCUT2D eigenvalue weighted by Crippen LogP contribution is 2.49. The first-order valence-electron chi connectivity index (χ1n) is 9.42. The third-order valence-electron chi connectivity index (χ3n) is 5.50. The van der Waals surface area contributed by atoms with E-state index in [9.17, 15) is 0 Å². The van der Waals surface area contributed by atoms with E-state index in [-0.39, 0.29) is 5.41 Å². The summed E-state index contributed by atoms with van der Waals surface area (Å²) in [5.41, 5.74) is 4.08. The van der Waals surface area contributed by atoms with Crippen molar-refractivity contribution in [3.63, 3.8) is 0 Å². The highest BCUT2D eigenvalue weighted by Gasteiger charge is 2.35. The molecule has 0 saturated carbocycles. The van der Waals surface area contributed by atoms with Crippen LogP contribution in [0.5, 0.6) is 5.75 Å². The summed E-state index contributed by atoms with van der Waals surface area (Å²) in [5, 5.41) is 8.19. The van der Waals surface area contributed by atoms with Crippen molar-refractivity contribution in [2.24, 2.45) is 0 Å². The third-order valence-corrected chi connectivity index (χ3v) is 6.02. The maximum absolute atomic E-state index is 6.51. The fourth-order valence-corrected chi connectivity index (χ4v) is 4.81. The van der Waals surface area contributed by atoms with Gasteiger partial charge < -0.3 is 15.4 Å². The monoisotopic (exact) mass is 405 g/mol. The van der Waals surface area contributed by atoms with Gasteiger partial charge in [-0.05, 0) is 23.8 Å². The van der Waals surface area contributed by atoms with E-state index in [0.29, 0.717) is 16.7 Å². The van der Waals surface area contributed by atoms with Crippen LogP contribution in [-0.4, -0.2) is 44.2 Å². The normalized spacial score (nSPS) is 18.4. The van der Waals surface area contributed by atoms with Crippen LogP contribution in [0.15, 0.2) is 30.3 Å². The summed E-state index contributed by atoms with van der Waals surface area (Å²) in [4.78, 5) is 2.43. The Morgan fingerprint density at radius 2 is 1.85 bits per heavy atom. The fourth-order valence-electron chi connectivity index (χ4n) is 4.08. The van der Waals surface area contributed by atoms with Crippen LogP contribution in [0, 0.1) is 0 Å². The average molecular weight is 406 g/mol. The molecule has 2 aliphatic rings. The maximum Gasteiger partial charge on any atom is 0.121 e. The summed E-state index contributed by atoms with van der Waals surface area (Å²) >= 11 is 12.7. The number of hydrogen-bond donors (Lipinski definition) is 2. The second-order valence-electron chi connectivity index (χ2n) is 7.71. The molecule has 2 N–H and O–H groups in total. The lowest BCUT2D eigenvalue weighted by atomic mass is 9.74. The Bertz CT molecular complexity index is 848. The Kier molecular flexibility index (Phi) is 5.26. The maximum atomic E-state index is 6.51. The Hall–Kier alpha value is -1.46. The molecule has 1 fully saturated rings. The molecule has 0 radical (unpaired) electrons. The van der Waals surface area contributed by atoms with Gasteiger partial charge in [0.25, 0.3) is 0 Å². The molecule has 27 heavy (non-hydrogen) atoms. The van der Waals surface area contributed by atoms with E-state index < -0.39 is 0 Å². The summed E-state index contributed by atoms with van der Waals surface area (Å²) < 4.78 is 6.02. The van der Waals surface area contributed by atoms with Crippen LogP contribution in [0.4, 0.5) is 11.4 Å². The molecule has 0 amide bonds. The number of ether oxygens (including phenoxy) is 1. The molecular weight excluding hydrogens is 381 g/mol. The lowest BCUT2D eigenvalue weighted by molar-refractivity contribution is 0.191. The Morgan fingerprint density at radius 1 is 1.07 bits per heavy atom. The van der Waals surface area contributed by atoms with E-state index in [2.05, 4.69) is 47.6 Å². The molecule has 0 unspecified atom stereocenters. The Morgan fingerprint density at radius 3 is 2.63 bits per heavy atom. The topological polar surface area (TPSA) is 36.5 Å². The molecule has 2 heterocycles. The number of rotatable bonds is 4. The van der Waals surface area contributed by atoms with Gasteiger partial charge in [0.1, 0.15) is 12.4 Å². The number of halogens is 2. The van der Waals surface area contributed by atoms with Crippen LogP contribution in [-0.2, 0) is 5.41 Å². The lowest BCUT2D eigenvalue weighted by Gasteiger charge is -2.36. The summed E-state index contributed by atoms with van der Waals surface area (Å²) in [6.45, 7) is 10.3. The summed E-state index contributed by atoms with van der Waals surface area (Å²) in [6.07, 6.45) is 0. The van der Waals surface area contributed by atoms with Crippen LogP contribution >= 0.6 is 23.2 Å². The molecule has 2 aromatic carbocycles. The van der Waals surface area contributed by atoms with Crippen molar-refractivity contribution in [3.05, 3.63) is 51.5 Å². The van der Waals surface area contributed by atoms with Gasteiger partial charge in [0.15, 0.2) is 0 Å². The predicted molar refractivity (Wildman–Crippen MR) is 113 cm³/mol. The zero-order valence-corrected chi connectivity index (χ0v) is 17.3. The van der Waals surface area contributed by atoms with Crippen molar-refractivity contribution in [1.29, 1.82) is 0 Å². The van der Waals surface area contributed by atoms with Crippen LogP contribution < -0.4 is 15.4 Å². The molecule has 0 aliphatic carbocycles. The fraction of sp³-hybridized carbons (Fsp3) is 0.429. The first-order valence-corrected chi connectivity index (χ1v) is 10.2. The SMILES string of the molecule is CC1(C)c2ccc(OCCN3CCNCC3)cc2Nc2cc(Cl)cc(Cl)c21. The number of piperazine rings is 1. The zero-order chi connectivity index (χ0) is 19.0. The molecule has 1 saturated heterocycles. The second kappa shape index (κ2) is 7.51. The quantitative estimate of drug-likeness (QED) is 0.775. The first-order chi connectivity index (χ1) is 12.9. The van der Waals surface area contributed by atoms with E-state index in [1.165, 1.54) is 5.56 Å². The van der Waals surface area contributed by atoms with Gasteiger partial charge in [-0.25, -0.2) is 0 Å². The van der Waals surface area contributed by atoms with E-state index in [4.69, 9.17) is 27.9 Å². The lowest BCUT2D eigenvalue weighted by Crippen LogP contribution is -2.44. The van der Waals surface area contributed by atoms with Gasteiger partial charge >= 0.3 is 0 Å². The molecule has 0 atom stereocenters. The Balaban J connectivity index is 1.52. The van der Waals surface area contributed by atoms with Gasteiger partial charge in [-0.2, -0.15) is 0 Å². The molecule has 0 bridgehead atoms. The average Bonchev–Trinajstić information content (AvgIpc) is 2.61. The molecular formula is C21H25Cl2N3O. The predicted octanol–water partition coefficient (Wildman–Crippen LogP) is 4.66. The minimum atomic E-state index is -0.211. The number of anilines is 2. The van der Waals surface area contributed by atoms with Crippen molar-refractivity contribution in [2.45, 2.75) is 19.3 Å². The van der Waals surface area contributed by atoms with Crippen LogP contribution in [0.1, 0.15) is 25.0 Å². The molecule has 2 aromatic rings. The van der Waals surface area contributed by atoms with Crippen molar-refractivity contribution in [2.75, 3.05) is 44.6 Å². The van der Waals surface area contributed by atoms with Gasteiger partial charge in [0.2, 0.25) is 0 Å². The summed E-state index contributed by atoms with van der Waals surface area (Å²) in [5.74, 6) is 0.878. The van der Waals surface area contributed by atoms with E-state index in [1.807, 2.05) is 12.1 Å². The zero-order valence-electron chi connectivity index (χ0n) is 15.7. The number of fused-ring (bicyclic) bond motifs is 2.